The smallest absolute Gasteiger partial charge is 0.213 e. The molecule has 31 heavy (non-hydrogen) atoms. The highest BCUT2D eigenvalue weighted by Gasteiger charge is 2.27. The molecule has 1 aromatic carbocycles. The molecular weight excluding hydrogens is 418 g/mol. The fraction of sp³-hybridized carbons (Fsp3) is 0.500. The molecule has 1 fully saturated rings. The van der Waals surface area contributed by atoms with E-state index in [-0.39, 0.29) is 18.1 Å². The fourth-order valence-electron chi connectivity index (χ4n) is 4.25. The number of benzene rings is 1. The summed E-state index contributed by atoms with van der Waals surface area (Å²) in [5.74, 6) is 1.60. The van der Waals surface area contributed by atoms with Crippen LogP contribution >= 0.6 is 0 Å². The molecule has 0 aliphatic carbocycles. The zero-order valence-electron chi connectivity index (χ0n) is 18.3. The van der Waals surface area contributed by atoms with Crippen LogP contribution in [-0.4, -0.2) is 79.7 Å². The number of piperazine rings is 1. The Kier molecular flexibility index (Phi) is 6.09. The van der Waals surface area contributed by atoms with Crippen molar-refractivity contribution < 1.29 is 22.7 Å². The zero-order chi connectivity index (χ0) is 22.2. The summed E-state index contributed by atoms with van der Waals surface area (Å²) in [4.78, 5) is 15.1. The molecule has 1 saturated heterocycles. The van der Waals surface area contributed by atoms with E-state index in [1.807, 2.05) is 43.0 Å². The van der Waals surface area contributed by atoms with E-state index < -0.39 is 10.0 Å². The Hall–Kier alpha value is -2.36. The Morgan fingerprint density at radius 2 is 1.68 bits per heavy atom. The maximum absolute atomic E-state index is 13.1. The second-order valence-electron chi connectivity index (χ2n) is 7.95. The van der Waals surface area contributed by atoms with E-state index in [1.54, 1.807) is 6.92 Å². The van der Waals surface area contributed by atoms with Crippen molar-refractivity contribution in [2.24, 2.45) is 0 Å². The van der Waals surface area contributed by atoms with Crippen LogP contribution < -0.4 is 9.47 Å². The molecule has 3 heterocycles. The molecule has 0 saturated carbocycles. The van der Waals surface area contributed by atoms with Gasteiger partial charge in [0.15, 0.2) is 17.3 Å². The van der Waals surface area contributed by atoms with E-state index >= 15 is 0 Å². The van der Waals surface area contributed by atoms with Gasteiger partial charge in [-0.15, -0.1) is 0 Å². The van der Waals surface area contributed by atoms with Crippen LogP contribution in [0.15, 0.2) is 24.3 Å². The molecule has 0 spiro atoms. The molecule has 2 aromatic rings. The van der Waals surface area contributed by atoms with Crippen molar-refractivity contribution in [3.8, 4) is 17.2 Å². The molecule has 9 heteroatoms. The van der Waals surface area contributed by atoms with Crippen molar-refractivity contribution in [1.82, 2.24) is 13.8 Å². The largest absolute Gasteiger partial charge is 0.486 e. The van der Waals surface area contributed by atoms with Crippen molar-refractivity contribution in [2.75, 3.05) is 51.7 Å². The monoisotopic (exact) mass is 447 g/mol. The molecule has 2 aliphatic rings. The highest BCUT2D eigenvalue weighted by Crippen LogP contribution is 2.33. The van der Waals surface area contributed by atoms with Crippen LogP contribution in [0.5, 0.6) is 11.5 Å². The number of aromatic nitrogens is 1. The van der Waals surface area contributed by atoms with Gasteiger partial charge in [-0.2, -0.15) is 4.31 Å². The number of ketones is 1. The predicted molar refractivity (Wildman–Crippen MR) is 118 cm³/mol. The molecule has 2 aliphatic heterocycles. The summed E-state index contributed by atoms with van der Waals surface area (Å²) in [7, 11) is -3.17. The van der Waals surface area contributed by atoms with Gasteiger partial charge in [0.25, 0.3) is 0 Å². The number of nitrogens with zero attached hydrogens (tertiary/aromatic N) is 3. The molecule has 0 atom stereocenters. The Labute approximate surface area is 183 Å². The molecule has 0 unspecified atom stereocenters. The molecule has 0 radical (unpaired) electrons. The SMILES string of the molecule is CCS(=O)(=O)N1CCN(CC(=O)c2cc(C)n(-c3ccc4c(c3)OCCO4)c2C)CC1. The summed E-state index contributed by atoms with van der Waals surface area (Å²) in [6.07, 6.45) is 0. The van der Waals surface area contributed by atoms with Crippen LogP contribution in [0, 0.1) is 13.8 Å². The van der Waals surface area contributed by atoms with E-state index in [1.165, 1.54) is 4.31 Å². The summed E-state index contributed by atoms with van der Waals surface area (Å²) in [6, 6.07) is 7.73. The van der Waals surface area contributed by atoms with Gasteiger partial charge in [0, 0.05) is 54.9 Å². The first-order chi connectivity index (χ1) is 14.8. The summed E-state index contributed by atoms with van der Waals surface area (Å²) < 4.78 is 38.9. The normalized spacial score (nSPS) is 17.6. The average Bonchev–Trinajstić information content (AvgIpc) is 3.07. The number of hydrogen-bond donors (Lipinski definition) is 0. The molecule has 8 nitrogen and oxygen atoms in total. The van der Waals surface area contributed by atoms with E-state index in [0.717, 1.165) is 22.8 Å². The molecular formula is C22H29N3O5S. The van der Waals surface area contributed by atoms with Gasteiger partial charge in [0.2, 0.25) is 10.0 Å². The van der Waals surface area contributed by atoms with Gasteiger partial charge in [0.1, 0.15) is 13.2 Å². The fourth-order valence-corrected chi connectivity index (χ4v) is 5.33. The first kappa shape index (κ1) is 21.9. The zero-order valence-corrected chi connectivity index (χ0v) is 19.1. The van der Waals surface area contributed by atoms with Gasteiger partial charge >= 0.3 is 0 Å². The third-order valence-corrected chi connectivity index (χ3v) is 7.85. The minimum Gasteiger partial charge on any atom is -0.486 e. The minimum atomic E-state index is -3.17. The summed E-state index contributed by atoms with van der Waals surface area (Å²) in [5, 5.41) is 0. The van der Waals surface area contributed by atoms with Crippen molar-refractivity contribution >= 4 is 15.8 Å². The Morgan fingerprint density at radius 1 is 1.00 bits per heavy atom. The molecule has 168 valence electrons. The highest BCUT2D eigenvalue weighted by atomic mass is 32.2. The van der Waals surface area contributed by atoms with Crippen molar-refractivity contribution in [1.29, 1.82) is 0 Å². The molecule has 0 N–H and O–H groups in total. The van der Waals surface area contributed by atoms with Crippen molar-refractivity contribution in [3.63, 3.8) is 0 Å². The standard InChI is InChI=1S/C22H29N3O5S/c1-4-31(27,28)24-9-7-23(8-10-24)15-20(26)19-13-16(2)25(17(19)3)18-5-6-21-22(14-18)30-12-11-29-21/h5-6,13-14H,4,7-12,15H2,1-3H3. The van der Waals surface area contributed by atoms with Crippen LogP contribution in [0.3, 0.4) is 0 Å². The number of rotatable bonds is 6. The quantitative estimate of drug-likeness (QED) is 0.631. The highest BCUT2D eigenvalue weighted by molar-refractivity contribution is 7.89. The summed E-state index contributed by atoms with van der Waals surface area (Å²) in [6.45, 7) is 8.92. The first-order valence-corrected chi connectivity index (χ1v) is 12.2. The lowest BCUT2D eigenvalue weighted by Gasteiger charge is -2.33. The number of ether oxygens (including phenoxy) is 2. The lowest BCUT2D eigenvalue weighted by atomic mass is 10.1. The minimum absolute atomic E-state index is 0.0451. The number of carbonyl (C=O) groups is 1. The van der Waals surface area contributed by atoms with Crippen LogP contribution in [0.2, 0.25) is 0 Å². The number of Topliss-reactive ketones (excluding diaryl/α,β-unsaturated/α-hetero) is 1. The topological polar surface area (TPSA) is 81.1 Å². The van der Waals surface area contributed by atoms with Crippen LogP contribution in [0.25, 0.3) is 5.69 Å². The van der Waals surface area contributed by atoms with Gasteiger partial charge in [-0.1, -0.05) is 0 Å². The van der Waals surface area contributed by atoms with E-state index in [4.69, 9.17) is 9.47 Å². The van der Waals surface area contributed by atoms with Gasteiger partial charge in [-0.3, -0.25) is 9.69 Å². The maximum Gasteiger partial charge on any atom is 0.213 e. The van der Waals surface area contributed by atoms with Crippen LogP contribution in [0.4, 0.5) is 0 Å². The first-order valence-electron chi connectivity index (χ1n) is 10.6. The number of sulfonamides is 1. The van der Waals surface area contributed by atoms with Gasteiger partial charge in [0.05, 0.1) is 12.3 Å². The number of hydrogen-bond acceptors (Lipinski definition) is 6. The van der Waals surface area contributed by atoms with Gasteiger partial charge < -0.3 is 14.0 Å². The van der Waals surface area contributed by atoms with Crippen molar-refractivity contribution in [2.45, 2.75) is 20.8 Å². The van der Waals surface area contributed by atoms with Gasteiger partial charge in [-0.05, 0) is 39.0 Å². The van der Waals surface area contributed by atoms with Gasteiger partial charge in [-0.25, -0.2) is 8.42 Å². The Balaban J connectivity index is 1.48. The number of fused-ring (bicyclic) bond motifs is 1. The molecule has 0 bridgehead atoms. The van der Waals surface area contributed by atoms with E-state index in [0.29, 0.717) is 50.7 Å². The predicted octanol–water partition coefficient (Wildman–Crippen LogP) is 2.02. The van der Waals surface area contributed by atoms with Crippen LogP contribution in [0.1, 0.15) is 28.7 Å². The maximum atomic E-state index is 13.1. The third-order valence-electron chi connectivity index (χ3n) is 5.97. The lowest BCUT2D eigenvalue weighted by molar-refractivity contribution is 0.0901. The van der Waals surface area contributed by atoms with Crippen LogP contribution in [-0.2, 0) is 10.0 Å². The number of aryl methyl sites for hydroxylation is 1. The molecule has 0 amide bonds. The second kappa shape index (κ2) is 8.64. The van der Waals surface area contributed by atoms with E-state index in [9.17, 15) is 13.2 Å². The molecule has 1 aromatic heterocycles. The molecule has 4 rings (SSSR count). The summed E-state index contributed by atoms with van der Waals surface area (Å²) in [5.41, 5.74) is 3.47. The third kappa shape index (κ3) is 4.35. The Morgan fingerprint density at radius 3 is 2.35 bits per heavy atom. The van der Waals surface area contributed by atoms with Crippen molar-refractivity contribution in [3.05, 3.63) is 41.2 Å². The number of carbonyl (C=O) groups excluding carboxylic acids is 1. The summed E-state index contributed by atoms with van der Waals surface area (Å²) >= 11 is 0. The lowest BCUT2D eigenvalue weighted by Crippen LogP contribution is -2.50. The second-order valence-corrected chi connectivity index (χ2v) is 10.2. The van der Waals surface area contributed by atoms with E-state index in [2.05, 4.69) is 4.57 Å². The Bertz CT molecular complexity index is 1080. The average molecular weight is 448 g/mol.